The fourth-order valence-corrected chi connectivity index (χ4v) is 3.82. The number of methoxy groups -OCH3 is 1. The first kappa shape index (κ1) is 22.6. The number of nitro groups is 2. The van der Waals surface area contributed by atoms with Crippen molar-refractivity contribution in [3.63, 3.8) is 0 Å². The monoisotopic (exact) mass is 464 g/mol. The summed E-state index contributed by atoms with van der Waals surface area (Å²) in [5.41, 5.74) is 0.384. The Morgan fingerprint density at radius 2 is 1.68 bits per heavy atom. The number of non-ortho nitro benzene ring substituents is 1. The highest BCUT2D eigenvalue weighted by Crippen LogP contribution is 2.50. The van der Waals surface area contributed by atoms with Crippen LogP contribution in [0.2, 0.25) is 0 Å². The van der Waals surface area contributed by atoms with Crippen molar-refractivity contribution in [2.75, 3.05) is 12.0 Å². The van der Waals surface area contributed by atoms with E-state index in [4.69, 9.17) is 9.47 Å². The Balaban J connectivity index is 1.80. The van der Waals surface area contributed by atoms with Crippen molar-refractivity contribution >= 4 is 23.1 Å². The number of hydrogen-bond donors (Lipinski definition) is 0. The zero-order valence-corrected chi connectivity index (χ0v) is 18.5. The van der Waals surface area contributed by atoms with Crippen LogP contribution in [0.3, 0.4) is 0 Å². The minimum Gasteiger partial charge on any atom is -0.497 e. The molecule has 2 heterocycles. The molecule has 11 nitrogen and oxygen atoms in total. The molecule has 0 saturated heterocycles. The molecule has 34 heavy (non-hydrogen) atoms. The topological polar surface area (TPSA) is 138 Å². The van der Waals surface area contributed by atoms with E-state index in [-0.39, 0.29) is 35.5 Å². The van der Waals surface area contributed by atoms with Gasteiger partial charge >= 0.3 is 5.82 Å². The molecule has 3 aromatic rings. The second kappa shape index (κ2) is 8.43. The maximum absolute atomic E-state index is 13.4. The van der Waals surface area contributed by atoms with E-state index in [9.17, 15) is 25.0 Å². The van der Waals surface area contributed by atoms with Gasteiger partial charge in [0.1, 0.15) is 5.75 Å². The molecule has 0 bridgehead atoms. The van der Waals surface area contributed by atoms with Crippen molar-refractivity contribution in [3.8, 4) is 17.2 Å². The smallest absolute Gasteiger partial charge is 0.363 e. The number of aromatic nitrogens is 1. The maximum atomic E-state index is 13.4. The predicted octanol–water partition coefficient (Wildman–Crippen LogP) is 4.52. The quantitative estimate of drug-likeness (QED) is 0.367. The van der Waals surface area contributed by atoms with Gasteiger partial charge in [0.2, 0.25) is 5.91 Å². The zero-order valence-electron chi connectivity index (χ0n) is 18.5. The molecule has 0 aliphatic carbocycles. The van der Waals surface area contributed by atoms with E-state index in [1.54, 1.807) is 33.1 Å². The highest BCUT2D eigenvalue weighted by Gasteiger charge is 2.47. The molecule has 0 fully saturated rings. The Morgan fingerprint density at radius 1 is 1.00 bits per heavy atom. The van der Waals surface area contributed by atoms with Crippen molar-refractivity contribution in [2.24, 2.45) is 0 Å². The van der Waals surface area contributed by atoms with Crippen molar-refractivity contribution in [3.05, 3.63) is 86.1 Å². The standard InChI is InChI=1S/C23H20N4O7/c1-23(2)18-10-15(26(29)30)11-19(34-17-8-9-20(24-12-17)27(31)32)21(18)25(22(23)28)13-14-4-6-16(33-3)7-5-14/h4-12H,13H2,1-3H3. The van der Waals surface area contributed by atoms with E-state index < -0.39 is 15.3 Å². The lowest BCUT2D eigenvalue weighted by Gasteiger charge is -2.21. The lowest BCUT2D eigenvalue weighted by atomic mass is 9.86. The number of carbonyl (C=O) groups is 1. The number of nitro benzene ring substituents is 1. The first-order chi connectivity index (χ1) is 16.1. The molecule has 0 unspecified atom stereocenters. The molecule has 1 aromatic heterocycles. The number of rotatable bonds is 7. The summed E-state index contributed by atoms with van der Waals surface area (Å²) in [6, 6.07) is 12.3. The van der Waals surface area contributed by atoms with Gasteiger partial charge in [0.15, 0.2) is 17.7 Å². The van der Waals surface area contributed by atoms with E-state index in [2.05, 4.69) is 4.98 Å². The van der Waals surface area contributed by atoms with Crippen LogP contribution >= 0.6 is 0 Å². The molecule has 174 valence electrons. The van der Waals surface area contributed by atoms with E-state index in [1.807, 2.05) is 12.1 Å². The normalized spacial score (nSPS) is 14.0. The molecule has 0 atom stereocenters. The minimum atomic E-state index is -1.04. The van der Waals surface area contributed by atoms with E-state index in [0.29, 0.717) is 17.0 Å². The summed E-state index contributed by atoms with van der Waals surface area (Å²) < 4.78 is 11.1. The number of fused-ring (bicyclic) bond motifs is 1. The van der Waals surface area contributed by atoms with Gasteiger partial charge in [-0.25, -0.2) is 0 Å². The maximum Gasteiger partial charge on any atom is 0.363 e. The van der Waals surface area contributed by atoms with E-state index in [1.165, 1.54) is 23.1 Å². The van der Waals surface area contributed by atoms with Crippen molar-refractivity contribution in [1.29, 1.82) is 0 Å². The highest BCUT2D eigenvalue weighted by atomic mass is 16.6. The molecule has 4 rings (SSSR count). The molecule has 11 heteroatoms. The number of ether oxygens (including phenoxy) is 2. The predicted molar refractivity (Wildman–Crippen MR) is 121 cm³/mol. The second-order valence-corrected chi connectivity index (χ2v) is 8.17. The van der Waals surface area contributed by atoms with Gasteiger partial charge < -0.3 is 24.5 Å². The van der Waals surface area contributed by atoms with Gasteiger partial charge in [-0.05, 0) is 47.5 Å². The van der Waals surface area contributed by atoms with Crippen LogP contribution in [0.15, 0.2) is 54.7 Å². The summed E-state index contributed by atoms with van der Waals surface area (Å²) in [6.45, 7) is 3.60. The summed E-state index contributed by atoms with van der Waals surface area (Å²) >= 11 is 0. The molecule has 0 N–H and O–H groups in total. The van der Waals surface area contributed by atoms with Crippen LogP contribution < -0.4 is 14.4 Å². The first-order valence-electron chi connectivity index (χ1n) is 10.2. The molecule has 2 aromatic carbocycles. The summed E-state index contributed by atoms with van der Waals surface area (Å²) in [6.07, 6.45) is 1.15. The number of pyridine rings is 1. The SMILES string of the molecule is COc1ccc(CN2C(=O)C(C)(C)c3cc([N+](=O)[O-])cc(Oc4ccc([N+](=O)[O-])nc4)c32)cc1. The van der Waals surface area contributed by atoms with Crippen LogP contribution in [0.1, 0.15) is 25.0 Å². The Morgan fingerprint density at radius 3 is 2.24 bits per heavy atom. The third kappa shape index (κ3) is 3.98. The Kier molecular flexibility index (Phi) is 5.61. The van der Waals surface area contributed by atoms with Gasteiger partial charge in [-0.3, -0.25) is 14.9 Å². The van der Waals surface area contributed by atoms with Crippen molar-refractivity contribution in [2.45, 2.75) is 25.8 Å². The van der Waals surface area contributed by atoms with Crippen LogP contribution in [0.5, 0.6) is 17.2 Å². The summed E-state index contributed by atoms with van der Waals surface area (Å²) in [5.74, 6) is 0.268. The fraction of sp³-hybridized carbons (Fsp3) is 0.217. The van der Waals surface area contributed by atoms with Crippen LogP contribution in [0, 0.1) is 20.2 Å². The van der Waals surface area contributed by atoms with Gasteiger partial charge in [-0.15, -0.1) is 0 Å². The number of benzene rings is 2. The molecule has 1 aliphatic heterocycles. The van der Waals surface area contributed by atoms with Crippen LogP contribution in [-0.2, 0) is 16.8 Å². The molecular weight excluding hydrogens is 444 g/mol. The number of hydrogen-bond acceptors (Lipinski definition) is 8. The zero-order chi connectivity index (χ0) is 24.6. The number of amides is 1. The van der Waals surface area contributed by atoms with Gasteiger partial charge in [0, 0.05) is 17.7 Å². The number of nitrogens with zero attached hydrogens (tertiary/aromatic N) is 4. The lowest BCUT2D eigenvalue weighted by Crippen LogP contribution is -2.35. The van der Waals surface area contributed by atoms with Gasteiger partial charge in [0.25, 0.3) is 5.69 Å². The lowest BCUT2D eigenvalue weighted by molar-refractivity contribution is -0.389. The molecule has 0 spiro atoms. The fourth-order valence-electron chi connectivity index (χ4n) is 3.82. The third-order valence-corrected chi connectivity index (χ3v) is 5.63. The second-order valence-electron chi connectivity index (χ2n) is 8.17. The van der Waals surface area contributed by atoms with Crippen LogP contribution in [-0.4, -0.2) is 27.8 Å². The number of anilines is 1. The van der Waals surface area contributed by atoms with Crippen LogP contribution in [0.25, 0.3) is 0 Å². The Labute approximate surface area is 193 Å². The van der Waals surface area contributed by atoms with Gasteiger partial charge in [0.05, 0.1) is 35.7 Å². The van der Waals surface area contributed by atoms with Crippen molar-refractivity contribution < 1.29 is 24.1 Å². The summed E-state index contributed by atoms with van der Waals surface area (Å²) in [4.78, 5) is 39.9. The minimum absolute atomic E-state index is 0.0762. The van der Waals surface area contributed by atoms with Gasteiger partial charge in [-0.1, -0.05) is 12.1 Å². The average Bonchev–Trinajstić information content (AvgIpc) is 3.00. The largest absolute Gasteiger partial charge is 0.497 e. The molecular formula is C23H20N4O7. The molecule has 0 saturated carbocycles. The molecule has 0 radical (unpaired) electrons. The molecule has 1 amide bonds. The first-order valence-corrected chi connectivity index (χ1v) is 10.2. The van der Waals surface area contributed by atoms with E-state index >= 15 is 0 Å². The van der Waals surface area contributed by atoms with Crippen molar-refractivity contribution in [1.82, 2.24) is 4.98 Å². The summed E-state index contributed by atoms with van der Waals surface area (Å²) in [5, 5.41) is 22.5. The Bertz CT molecular complexity index is 1290. The Hall–Kier alpha value is -4.54. The van der Waals surface area contributed by atoms with Gasteiger partial charge in [-0.2, -0.15) is 0 Å². The molecule has 1 aliphatic rings. The number of carbonyl (C=O) groups excluding carboxylic acids is 1. The third-order valence-electron chi connectivity index (χ3n) is 5.63. The van der Waals surface area contributed by atoms with E-state index in [0.717, 1.165) is 17.8 Å². The highest BCUT2D eigenvalue weighted by molar-refractivity contribution is 6.09. The average molecular weight is 464 g/mol. The summed E-state index contributed by atoms with van der Waals surface area (Å²) in [7, 11) is 1.56. The van der Waals surface area contributed by atoms with Crippen LogP contribution in [0.4, 0.5) is 17.2 Å².